The summed E-state index contributed by atoms with van der Waals surface area (Å²) in [6.07, 6.45) is 8.18. The zero-order valence-corrected chi connectivity index (χ0v) is 13.8. The highest BCUT2D eigenvalue weighted by Crippen LogP contribution is 2.33. The fourth-order valence-electron chi connectivity index (χ4n) is 3.65. The molecule has 0 aromatic heterocycles. The molecule has 1 aliphatic carbocycles. The molecule has 2 saturated heterocycles. The van der Waals surface area contributed by atoms with Gasteiger partial charge in [0, 0.05) is 18.3 Å². The van der Waals surface area contributed by atoms with Crippen LogP contribution < -0.4 is 5.32 Å². The number of likely N-dealkylation sites (tertiary alicyclic amines) is 1. The van der Waals surface area contributed by atoms with Crippen molar-refractivity contribution < 1.29 is 0 Å². The van der Waals surface area contributed by atoms with Gasteiger partial charge in [-0.3, -0.25) is 4.99 Å². The Balaban J connectivity index is 1.54. The first-order valence-corrected chi connectivity index (χ1v) is 9.26. The summed E-state index contributed by atoms with van der Waals surface area (Å²) < 4.78 is 0. The highest BCUT2D eigenvalue weighted by Gasteiger charge is 2.32. The summed E-state index contributed by atoms with van der Waals surface area (Å²) in [6.45, 7) is 5.88. The number of hydrogen-bond acceptors (Lipinski definition) is 3. The van der Waals surface area contributed by atoms with E-state index in [0.29, 0.717) is 11.5 Å². The average Bonchev–Trinajstić information content (AvgIpc) is 2.48. The van der Waals surface area contributed by atoms with Gasteiger partial charge in [0.1, 0.15) is 0 Å². The van der Waals surface area contributed by atoms with Crippen LogP contribution in [0.1, 0.15) is 45.4 Å². The molecule has 2 atom stereocenters. The fourth-order valence-corrected chi connectivity index (χ4v) is 4.82. The van der Waals surface area contributed by atoms with Crippen LogP contribution in [0.3, 0.4) is 0 Å². The smallest absolute Gasteiger partial charge is 0.156 e. The summed E-state index contributed by atoms with van der Waals surface area (Å²) in [5.41, 5.74) is 0.422. The van der Waals surface area contributed by atoms with Gasteiger partial charge >= 0.3 is 0 Å². The zero-order chi connectivity index (χ0) is 14.0. The van der Waals surface area contributed by atoms with Gasteiger partial charge in [-0.15, -0.1) is 0 Å². The maximum atomic E-state index is 4.94. The number of piperidine rings is 1. The van der Waals surface area contributed by atoms with Crippen LogP contribution in [-0.2, 0) is 0 Å². The molecule has 1 N–H and O–H groups in total. The molecule has 0 radical (unpaired) electrons. The molecule has 3 aliphatic rings. The SMILES string of the molecule is CN1CCC(C)(CN=C2NC3CCCCC3CS2)CC1. The second kappa shape index (κ2) is 6.27. The largest absolute Gasteiger partial charge is 0.362 e. The van der Waals surface area contributed by atoms with Crippen LogP contribution in [0.25, 0.3) is 0 Å². The van der Waals surface area contributed by atoms with Crippen molar-refractivity contribution in [3.05, 3.63) is 0 Å². The molecular formula is C16H29N3S. The van der Waals surface area contributed by atoms with Gasteiger partial charge in [0.15, 0.2) is 5.17 Å². The molecular weight excluding hydrogens is 266 g/mol. The number of fused-ring (bicyclic) bond motifs is 1. The van der Waals surface area contributed by atoms with E-state index in [1.165, 1.54) is 62.5 Å². The van der Waals surface area contributed by atoms with Gasteiger partial charge in [-0.05, 0) is 57.2 Å². The van der Waals surface area contributed by atoms with E-state index in [9.17, 15) is 0 Å². The van der Waals surface area contributed by atoms with Gasteiger partial charge in [0.25, 0.3) is 0 Å². The van der Waals surface area contributed by atoms with Gasteiger partial charge in [0.2, 0.25) is 0 Å². The van der Waals surface area contributed by atoms with Crippen LogP contribution >= 0.6 is 11.8 Å². The molecule has 0 aromatic carbocycles. The van der Waals surface area contributed by atoms with Gasteiger partial charge in [-0.2, -0.15) is 0 Å². The molecule has 1 saturated carbocycles. The summed E-state index contributed by atoms with van der Waals surface area (Å²) in [5.74, 6) is 2.18. The Hall–Kier alpha value is -0.220. The zero-order valence-electron chi connectivity index (χ0n) is 13.0. The quantitative estimate of drug-likeness (QED) is 0.849. The summed E-state index contributed by atoms with van der Waals surface area (Å²) in [4.78, 5) is 7.38. The predicted molar refractivity (Wildman–Crippen MR) is 88.5 cm³/mol. The highest BCUT2D eigenvalue weighted by molar-refractivity contribution is 8.13. The standard InChI is InChI=1S/C16H29N3S/c1-16(7-9-19(2)10-8-16)12-17-15-18-14-6-4-3-5-13(14)11-20-15/h13-14H,3-12H2,1-2H3,(H,17,18). The molecule has 114 valence electrons. The van der Waals surface area contributed by atoms with Gasteiger partial charge < -0.3 is 10.2 Å². The van der Waals surface area contributed by atoms with E-state index in [0.717, 1.165) is 12.5 Å². The molecule has 3 nitrogen and oxygen atoms in total. The molecule has 0 amide bonds. The summed E-state index contributed by atoms with van der Waals surface area (Å²) in [7, 11) is 2.23. The van der Waals surface area contributed by atoms with Crippen LogP contribution in [-0.4, -0.2) is 48.5 Å². The van der Waals surface area contributed by atoms with Gasteiger partial charge in [0.05, 0.1) is 0 Å². The summed E-state index contributed by atoms with van der Waals surface area (Å²) in [5, 5.41) is 4.95. The second-order valence-corrected chi connectivity index (χ2v) is 8.35. The topological polar surface area (TPSA) is 27.6 Å². The molecule has 3 rings (SSSR count). The highest BCUT2D eigenvalue weighted by atomic mass is 32.2. The average molecular weight is 295 g/mol. The maximum absolute atomic E-state index is 4.94. The number of rotatable bonds is 2. The van der Waals surface area contributed by atoms with Crippen molar-refractivity contribution in [3.63, 3.8) is 0 Å². The maximum Gasteiger partial charge on any atom is 0.156 e. The lowest BCUT2D eigenvalue weighted by molar-refractivity contribution is 0.147. The summed E-state index contributed by atoms with van der Waals surface area (Å²) in [6, 6.07) is 0.717. The lowest BCUT2D eigenvalue weighted by atomic mass is 9.80. The molecule has 0 aromatic rings. The molecule has 3 fully saturated rings. The molecule has 0 bridgehead atoms. The van der Waals surface area contributed by atoms with Crippen LogP contribution in [0.2, 0.25) is 0 Å². The van der Waals surface area contributed by atoms with E-state index in [-0.39, 0.29) is 0 Å². The number of nitrogens with one attached hydrogen (secondary N) is 1. The minimum atomic E-state index is 0.422. The van der Waals surface area contributed by atoms with Crippen LogP contribution in [0.5, 0.6) is 0 Å². The first kappa shape index (κ1) is 14.7. The molecule has 2 aliphatic heterocycles. The van der Waals surface area contributed by atoms with Crippen LogP contribution in [0, 0.1) is 11.3 Å². The number of nitrogens with zero attached hydrogens (tertiary/aromatic N) is 2. The number of amidine groups is 1. The molecule has 2 heterocycles. The monoisotopic (exact) mass is 295 g/mol. The normalized spacial score (nSPS) is 36.4. The minimum absolute atomic E-state index is 0.422. The number of hydrogen-bond donors (Lipinski definition) is 1. The van der Waals surface area contributed by atoms with Crippen LogP contribution in [0.15, 0.2) is 4.99 Å². The molecule has 0 spiro atoms. The second-order valence-electron chi connectivity index (χ2n) is 7.34. The van der Waals surface area contributed by atoms with Crippen molar-refractivity contribution in [2.45, 2.75) is 51.5 Å². The Morgan fingerprint density at radius 3 is 2.85 bits per heavy atom. The van der Waals surface area contributed by atoms with Crippen molar-refractivity contribution in [2.75, 3.05) is 32.4 Å². The van der Waals surface area contributed by atoms with Crippen LogP contribution in [0.4, 0.5) is 0 Å². The lowest BCUT2D eigenvalue weighted by Crippen LogP contribution is -2.46. The Morgan fingerprint density at radius 1 is 1.30 bits per heavy atom. The predicted octanol–water partition coefficient (Wildman–Crippen LogP) is 2.97. The Bertz CT molecular complexity index is 361. The van der Waals surface area contributed by atoms with Crippen molar-refractivity contribution in [3.8, 4) is 0 Å². The Kier molecular flexibility index (Phi) is 4.61. The molecule has 4 heteroatoms. The van der Waals surface area contributed by atoms with Crippen molar-refractivity contribution in [1.82, 2.24) is 10.2 Å². The molecule has 2 unspecified atom stereocenters. The first-order chi connectivity index (χ1) is 9.65. The van der Waals surface area contributed by atoms with E-state index in [2.05, 4.69) is 24.2 Å². The van der Waals surface area contributed by atoms with E-state index in [1.807, 2.05) is 11.8 Å². The number of aliphatic imine (C=N–C) groups is 1. The van der Waals surface area contributed by atoms with E-state index < -0.39 is 0 Å². The van der Waals surface area contributed by atoms with Gasteiger partial charge in [-0.1, -0.05) is 31.5 Å². The minimum Gasteiger partial charge on any atom is -0.362 e. The van der Waals surface area contributed by atoms with Gasteiger partial charge in [-0.25, -0.2) is 0 Å². The number of thioether (sulfide) groups is 1. The van der Waals surface area contributed by atoms with E-state index >= 15 is 0 Å². The van der Waals surface area contributed by atoms with Crippen molar-refractivity contribution >= 4 is 16.9 Å². The molecule has 20 heavy (non-hydrogen) atoms. The third kappa shape index (κ3) is 3.51. The third-order valence-electron chi connectivity index (χ3n) is 5.45. The Morgan fingerprint density at radius 2 is 2.05 bits per heavy atom. The van der Waals surface area contributed by atoms with E-state index in [4.69, 9.17) is 4.99 Å². The first-order valence-electron chi connectivity index (χ1n) is 8.27. The lowest BCUT2D eigenvalue weighted by Gasteiger charge is -2.39. The van der Waals surface area contributed by atoms with Crippen molar-refractivity contribution in [1.29, 1.82) is 0 Å². The summed E-state index contributed by atoms with van der Waals surface area (Å²) >= 11 is 1.97. The third-order valence-corrected chi connectivity index (χ3v) is 6.57. The fraction of sp³-hybridized carbons (Fsp3) is 0.938. The Labute approximate surface area is 128 Å². The van der Waals surface area contributed by atoms with E-state index in [1.54, 1.807) is 0 Å². The van der Waals surface area contributed by atoms with Crippen molar-refractivity contribution in [2.24, 2.45) is 16.3 Å².